The molecule has 0 saturated carbocycles. The molecule has 0 aromatic rings. The molecule has 0 saturated heterocycles. The Kier molecular flexibility index (Phi) is 10.9. The average molecular weight is 257 g/mol. The van der Waals surface area contributed by atoms with Gasteiger partial charge in [-0.15, -0.1) is 0 Å². The van der Waals surface area contributed by atoms with Gasteiger partial charge in [-0.3, -0.25) is 4.79 Å². The molecule has 0 atom stereocenters. The van der Waals surface area contributed by atoms with Crippen LogP contribution in [0.2, 0.25) is 0 Å². The largest absolute Gasteiger partial charge is 0.481 e. The second-order valence-electron chi connectivity index (χ2n) is 4.08. The number of carbonyl (C=O) groups is 2. The van der Waals surface area contributed by atoms with Gasteiger partial charge in [-0.25, -0.2) is 4.79 Å². The number of nitrogens with one attached hydrogen (secondary N) is 1. The van der Waals surface area contributed by atoms with Crippen LogP contribution < -0.4 is 5.32 Å². The van der Waals surface area contributed by atoms with Crippen molar-refractivity contribution in [2.75, 3.05) is 13.2 Å². The predicted molar refractivity (Wildman–Crippen MR) is 69.5 cm³/mol. The number of alkyl carbamates (subject to hydrolysis) is 1. The highest BCUT2D eigenvalue weighted by atomic mass is 16.5. The maximum Gasteiger partial charge on any atom is 0.407 e. The second kappa shape index (κ2) is 12.0. The van der Waals surface area contributed by atoms with Crippen molar-refractivity contribution in [3.05, 3.63) is 12.7 Å². The van der Waals surface area contributed by atoms with Crippen LogP contribution in [0.5, 0.6) is 0 Å². The van der Waals surface area contributed by atoms with Crippen molar-refractivity contribution >= 4 is 12.1 Å². The average Bonchev–Trinajstić information content (AvgIpc) is 2.34. The van der Waals surface area contributed by atoms with Gasteiger partial charge in [0.25, 0.3) is 0 Å². The molecule has 1 amide bonds. The fourth-order valence-electron chi connectivity index (χ4n) is 1.48. The molecule has 0 aromatic carbocycles. The Bertz CT molecular complexity index is 253. The summed E-state index contributed by atoms with van der Waals surface area (Å²) in [6, 6.07) is 0. The van der Waals surface area contributed by atoms with Gasteiger partial charge < -0.3 is 15.2 Å². The quantitative estimate of drug-likeness (QED) is 0.441. The third-order valence-electron chi connectivity index (χ3n) is 2.42. The van der Waals surface area contributed by atoms with E-state index < -0.39 is 12.1 Å². The molecule has 0 aromatic heterocycles. The molecule has 2 N–H and O–H groups in total. The molecule has 5 nitrogen and oxygen atoms in total. The van der Waals surface area contributed by atoms with Crippen molar-refractivity contribution < 1.29 is 19.4 Å². The van der Waals surface area contributed by atoms with Crippen LogP contribution in [0, 0.1) is 0 Å². The lowest BCUT2D eigenvalue weighted by Crippen LogP contribution is -2.25. The van der Waals surface area contributed by atoms with Crippen LogP contribution in [0.15, 0.2) is 12.7 Å². The molecular formula is C13H23NO4. The van der Waals surface area contributed by atoms with Crippen molar-refractivity contribution in [2.45, 2.75) is 44.9 Å². The van der Waals surface area contributed by atoms with Gasteiger partial charge in [-0.05, 0) is 12.8 Å². The zero-order valence-corrected chi connectivity index (χ0v) is 10.8. The molecule has 0 spiro atoms. The summed E-state index contributed by atoms with van der Waals surface area (Å²) in [7, 11) is 0. The van der Waals surface area contributed by atoms with E-state index in [4.69, 9.17) is 9.84 Å². The van der Waals surface area contributed by atoms with Crippen LogP contribution in [-0.2, 0) is 9.53 Å². The Hall–Kier alpha value is -1.52. The molecule has 0 radical (unpaired) electrons. The highest BCUT2D eigenvalue weighted by Gasteiger charge is 1.99. The summed E-state index contributed by atoms with van der Waals surface area (Å²) in [5.41, 5.74) is 0. The Balaban J connectivity index is 3.13. The first-order valence-electron chi connectivity index (χ1n) is 6.40. The molecule has 0 rings (SSSR count). The molecule has 0 bridgehead atoms. The number of unbranched alkanes of at least 4 members (excludes halogenated alkanes) is 5. The Morgan fingerprint density at radius 3 is 2.33 bits per heavy atom. The number of carboxylic acid groups (broad SMARTS) is 1. The SMILES string of the molecule is C=CCOC(=O)NCCCCCCCCC(=O)O. The van der Waals surface area contributed by atoms with Crippen LogP contribution in [0.25, 0.3) is 0 Å². The minimum Gasteiger partial charge on any atom is -0.481 e. The van der Waals surface area contributed by atoms with Crippen LogP contribution in [-0.4, -0.2) is 30.3 Å². The van der Waals surface area contributed by atoms with Gasteiger partial charge in [0.1, 0.15) is 6.61 Å². The zero-order valence-electron chi connectivity index (χ0n) is 10.8. The van der Waals surface area contributed by atoms with E-state index in [1.807, 2.05) is 0 Å². The zero-order chi connectivity index (χ0) is 13.6. The molecule has 0 aliphatic heterocycles. The number of hydrogen-bond acceptors (Lipinski definition) is 3. The fraction of sp³-hybridized carbons (Fsp3) is 0.692. The van der Waals surface area contributed by atoms with E-state index in [0.29, 0.717) is 6.54 Å². The lowest BCUT2D eigenvalue weighted by atomic mass is 10.1. The number of aliphatic carboxylic acids is 1. The molecule has 0 heterocycles. The van der Waals surface area contributed by atoms with E-state index in [9.17, 15) is 9.59 Å². The highest BCUT2D eigenvalue weighted by molar-refractivity contribution is 5.67. The van der Waals surface area contributed by atoms with E-state index in [1.54, 1.807) is 0 Å². The van der Waals surface area contributed by atoms with E-state index in [1.165, 1.54) is 6.08 Å². The summed E-state index contributed by atoms with van der Waals surface area (Å²) in [5, 5.41) is 11.1. The van der Waals surface area contributed by atoms with Crippen LogP contribution in [0.1, 0.15) is 44.9 Å². The van der Waals surface area contributed by atoms with Crippen molar-refractivity contribution in [3.8, 4) is 0 Å². The minimum atomic E-state index is -0.725. The van der Waals surface area contributed by atoms with Crippen molar-refractivity contribution in [2.24, 2.45) is 0 Å². The molecule has 104 valence electrons. The molecule has 5 heteroatoms. The lowest BCUT2D eigenvalue weighted by molar-refractivity contribution is -0.137. The van der Waals surface area contributed by atoms with E-state index in [0.717, 1.165) is 38.5 Å². The maximum atomic E-state index is 11.0. The normalized spacial score (nSPS) is 9.78. The first-order valence-corrected chi connectivity index (χ1v) is 6.40. The van der Waals surface area contributed by atoms with Crippen molar-refractivity contribution in [1.82, 2.24) is 5.32 Å². The second-order valence-corrected chi connectivity index (χ2v) is 4.08. The molecule has 0 fully saturated rings. The van der Waals surface area contributed by atoms with Gasteiger partial charge in [0.05, 0.1) is 0 Å². The fourth-order valence-corrected chi connectivity index (χ4v) is 1.48. The standard InChI is InChI=1S/C13H23NO4/c1-2-11-18-13(17)14-10-8-6-4-3-5-7-9-12(15)16/h2H,1,3-11H2,(H,14,17)(H,15,16). The van der Waals surface area contributed by atoms with Gasteiger partial charge in [-0.1, -0.05) is 38.3 Å². The number of hydrogen-bond donors (Lipinski definition) is 2. The first-order chi connectivity index (χ1) is 8.66. The predicted octanol–water partition coefficient (Wildman–Crippen LogP) is 2.71. The van der Waals surface area contributed by atoms with E-state index in [2.05, 4.69) is 11.9 Å². The van der Waals surface area contributed by atoms with Gasteiger partial charge in [0, 0.05) is 13.0 Å². The summed E-state index contributed by atoms with van der Waals surface area (Å²) >= 11 is 0. The Labute approximate surface area is 108 Å². The molecular weight excluding hydrogens is 234 g/mol. The summed E-state index contributed by atoms with van der Waals surface area (Å²) < 4.78 is 4.75. The maximum absolute atomic E-state index is 11.0. The number of ether oxygens (including phenoxy) is 1. The number of carboxylic acids is 1. The number of rotatable bonds is 11. The van der Waals surface area contributed by atoms with E-state index in [-0.39, 0.29) is 13.0 Å². The summed E-state index contributed by atoms with van der Waals surface area (Å²) in [5.74, 6) is -0.725. The first kappa shape index (κ1) is 16.5. The van der Waals surface area contributed by atoms with Crippen LogP contribution in [0.3, 0.4) is 0 Å². The van der Waals surface area contributed by atoms with Gasteiger partial charge in [-0.2, -0.15) is 0 Å². The number of carbonyl (C=O) groups excluding carboxylic acids is 1. The van der Waals surface area contributed by atoms with Crippen LogP contribution in [0.4, 0.5) is 4.79 Å². The third-order valence-corrected chi connectivity index (χ3v) is 2.42. The topological polar surface area (TPSA) is 75.6 Å². The highest BCUT2D eigenvalue weighted by Crippen LogP contribution is 2.06. The molecule has 0 aliphatic carbocycles. The number of amides is 1. The smallest absolute Gasteiger partial charge is 0.407 e. The Morgan fingerprint density at radius 2 is 1.72 bits per heavy atom. The van der Waals surface area contributed by atoms with Crippen molar-refractivity contribution in [3.63, 3.8) is 0 Å². The minimum absolute atomic E-state index is 0.232. The molecule has 0 aliphatic rings. The summed E-state index contributed by atoms with van der Waals surface area (Å²) in [4.78, 5) is 21.3. The summed E-state index contributed by atoms with van der Waals surface area (Å²) in [6.07, 6.45) is 7.17. The van der Waals surface area contributed by atoms with Gasteiger partial charge in [0.2, 0.25) is 0 Å². The van der Waals surface area contributed by atoms with E-state index >= 15 is 0 Å². The monoisotopic (exact) mass is 257 g/mol. The van der Waals surface area contributed by atoms with Crippen molar-refractivity contribution in [1.29, 1.82) is 0 Å². The molecule has 0 unspecified atom stereocenters. The van der Waals surface area contributed by atoms with Gasteiger partial charge in [0.15, 0.2) is 0 Å². The lowest BCUT2D eigenvalue weighted by Gasteiger charge is -2.05. The Morgan fingerprint density at radius 1 is 1.11 bits per heavy atom. The molecule has 18 heavy (non-hydrogen) atoms. The van der Waals surface area contributed by atoms with Crippen LogP contribution >= 0.6 is 0 Å². The van der Waals surface area contributed by atoms with Gasteiger partial charge >= 0.3 is 12.1 Å². The third kappa shape index (κ3) is 12.5. The summed E-state index contributed by atoms with van der Waals surface area (Å²) in [6.45, 7) is 4.29.